The number of nitrogens with zero attached hydrogens (tertiary/aromatic N) is 3. The van der Waals surface area contributed by atoms with E-state index in [4.69, 9.17) is 35.8 Å². The molecule has 58 heavy (non-hydrogen) atoms. The number of carboxylic acid groups (broad SMARTS) is 1. The van der Waals surface area contributed by atoms with E-state index in [1.165, 1.54) is 23.3 Å². The minimum atomic E-state index is -2.74. The molecule has 2 aromatic heterocycles. The van der Waals surface area contributed by atoms with Crippen molar-refractivity contribution in [2.45, 2.75) is 115 Å². The molecule has 3 aliphatic carbocycles. The van der Waals surface area contributed by atoms with Crippen molar-refractivity contribution in [1.82, 2.24) is 25.5 Å². The zero-order valence-corrected chi connectivity index (χ0v) is 34.9. The molecule has 0 spiro atoms. The normalized spacial score (nSPS) is 27.5. The Morgan fingerprint density at radius 3 is 2.38 bits per heavy atom. The molecule has 8 atom stereocenters. The van der Waals surface area contributed by atoms with E-state index in [2.05, 4.69) is 16.0 Å². The maximum absolute atomic E-state index is 14.7. The number of likely N-dealkylation sites (tertiary alicyclic amines) is 1. The number of alkyl halides is 2. The molecular formula is C40H49ClF2N6O8S. The third-order valence-electron chi connectivity index (χ3n) is 11.8. The zero-order valence-electron chi connectivity index (χ0n) is 33.4. The van der Waals surface area contributed by atoms with Crippen LogP contribution in [0.1, 0.15) is 73.6 Å². The average Bonchev–Trinajstić information content (AvgIpc) is 3.58. The van der Waals surface area contributed by atoms with Crippen molar-refractivity contribution in [3.05, 3.63) is 28.6 Å². The van der Waals surface area contributed by atoms with Crippen molar-refractivity contribution in [1.29, 1.82) is 0 Å². The number of carbonyl (C=O) groups excluding carboxylic acids is 3. The molecule has 1 aliphatic heterocycles. The van der Waals surface area contributed by atoms with Crippen LogP contribution in [0.2, 0.25) is 5.02 Å². The molecule has 4 N–H and O–H groups in total. The molecule has 2 unspecified atom stereocenters. The fourth-order valence-electron chi connectivity index (χ4n) is 8.43. The highest BCUT2D eigenvalue weighted by Gasteiger charge is 2.72. The van der Waals surface area contributed by atoms with Crippen LogP contribution in [-0.4, -0.2) is 99.3 Å². The van der Waals surface area contributed by atoms with Crippen LogP contribution in [0.4, 0.5) is 18.7 Å². The summed E-state index contributed by atoms with van der Waals surface area (Å²) in [5.41, 5.74) is -0.987. The number of halogens is 3. The van der Waals surface area contributed by atoms with Gasteiger partial charge in [-0.1, -0.05) is 45.7 Å². The quantitative estimate of drug-likeness (QED) is 0.143. The smallest absolute Gasteiger partial charge is 0.408 e. The standard InChI is InChI=1S/C40H49ClF2N6O8S/c1-8-19-15-39(19,35(52)53)48-33(50)27-13-21(16-49(27)34(51)32(38(4,5)6)47-37(54)57-20-11-23-24(12-20)40(23,42)43)56-29-14-25(26-17-58-36(46-26)44-18(2)3)45-31-22(29)9-10-28(55-7)30(31)41/h9-10,14,17-21,23-24,27,32H,8,11-13,15-16H2,1-7H3,(H,44,46)(H,47,54)(H,48,50)(H,52,53)/t19?,20-,21?,23+,24-,27-,32+,39+/m0/s1. The number of aliphatic carboxylic acids is 1. The Hall–Kier alpha value is -4.51. The fraction of sp³-hybridized carbons (Fsp3) is 0.600. The summed E-state index contributed by atoms with van der Waals surface area (Å²) in [6.07, 6.45) is -1.59. The predicted octanol–water partition coefficient (Wildman–Crippen LogP) is 6.74. The summed E-state index contributed by atoms with van der Waals surface area (Å²) < 4.78 is 45.3. The van der Waals surface area contributed by atoms with E-state index >= 15 is 0 Å². The Balaban J connectivity index is 1.19. The van der Waals surface area contributed by atoms with Crippen LogP contribution in [0.5, 0.6) is 11.5 Å². The topological polar surface area (TPSA) is 181 Å². The van der Waals surface area contributed by atoms with Crippen molar-refractivity contribution in [2.24, 2.45) is 23.2 Å². The number of carbonyl (C=O) groups is 4. The second-order valence-electron chi connectivity index (χ2n) is 17.2. The Morgan fingerprint density at radius 1 is 1.07 bits per heavy atom. The van der Waals surface area contributed by atoms with E-state index in [1.807, 2.05) is 26.2 Å². The van der Waals surface area contributed by atoms with Crippen LogP contribution in [-0.2, 0) is 19.1 Å². The molecule has 1 saturated heterocycles. The van der Waals surface area contributed by atoms with Gasteiger partial charge in [0, 0.05) is 41.1 Å². The molecule has 1 aromatic carbocycles. The number of thiazole rings is 1. The van der Waals surface area contributed by atoms with Crippen LogP contribution in [0, 0.1) is 23.2 Å². The highest BCUT2D eigenvalue weighted by molar-refractivity contribution is 7.14. The van der Waals surface area contributed by atoms with Gasteiger partial charge in [-0.2, -0.15) is 0 Å². The van der Waals surface area contributed by atoms with Gasteiger partial charge in [0.1, 0.15) is 52.0 Å². The highest BCUT2D eigenvalue weighted by atomic mass is 35.5. The summed E-state index contributed by atoms with van der Waals surface area (Å²) in [5.74, 6) is -6.36. The number of methoxy groups -OCH3 is 1. The largest absolute Gasteiger partial charge is 0.495 e. The first-order valence-electron chi connectivity index (χ1n) is 19.5. The number of benzene rings is 1. The number of rotatable bonds is 13. The van der Waals surface area contributed by atoms with E-state index < -0.39 is 76.9 Å². The molecule has 4 aliphatic rings. The first-order valence-corrected chi connectivity index (χ1v) is 20.8. The SMILES string of the molecule is CCC1C[C@]1(NC(=O)[C@@H]1CC(Oc2cc(-c3csc(NC(C)C)n3)nc3c(Cl)c(OC)ccc23)CN1C(=O)[C@@H](NC(=O)O[C@H]1C[C@@H]2[C@H](C1)C2(F)F)C(C)(C)C)C(=O)O. The van der Waals surface area contributed by atoms with E-state index in [1.54, 1.807) is 39.0 Å². The van der Waals surface area contributed by atoms with Gasteiger partial charge in [0.25, 0.3) is 5.92 Å². The lowest BCUT2D eigenvalue weighted by Crippen LogP contribution is -2.59. The number of hydrogen-bond acceptors (Lipinski definition) is 11. The molecule has 4 fully saturated rings. The number of ether oxygens (including phenoxy) is 3. The summed E-state index contributed by atoms with van der Waals surface area (Å²) >= 11 is 8.21. The highest BCUT2D eigenvalue weighted by Crippen LogP contribution is 2.64. The lowest BCUT2D eigenvalue weighted by Gasteiger charge is -2.35. The summed E-state index contributed by atoms with van der Waals surface area (Å²) in [5, 5.41) is 22.1. The number of anilines is 1. The molecule has 314 valence electrons. The van der Waals surface area contributed by atoms with E-state index in [-0.39, 0.29) is 49.2 Å². The van der Waals surface area contributed by atoms with Gasteiger partial charge in [0.15, 0.2) is 5.13 Å². The minimum absolute atomic E-state index is 0.0212. The van der Waals surface area contributed by atoms with Crippen molar-refractivity contribution in [3.63, 3.8) is 0 Å². The van der Waals surface area contributed by atoms with Crippen LogP contribution in [0.3, 0.4) is 0 Å². The summed E-state index contributed by atoms with van der Waals surface area (Å²) in [7, 11) is 1.49. The lowest BCUT2D eigenvalue weighted by molar-refractivity contribution is -0.146. The van der Waals surface area contributed by atoms with Crippen LogP contribution >= 0.6 is 22.9 Å². The molecule has 7 rings (SSSR count). The minimum Gasteiger partial charge on any atom is -0.495 e. The summed E-state index contributed by atoms with van der Waals surface area (Å²) in [4.78, 5) is 65.3. The summed E-state index contributed by atoms with van der Waals surface area (Å²) in [6, 6.07) is 2.88. The van der Waals surface area contributed by atoms with Gasteiger partial charge in [-0.15, -0.1) is 11.3 Å². The number of pyridine rings is 1. The predicted molar refractivity (Wildman–Crippen MR) is 212 cm³/mol. The zero-order chi connectivity index (χ0) is 42.1. The molecule has 0 radical (unpaired) electrons. The fourth-order valence-corrected chi connectivity index (χ4v) is 9.56. The average molecular weight is 847 g/mol. The Morgan fingerprint density at radius 2 is 1.78 bits per heavy atom. The van der Waals surface area contributed by atoms with Gasteiger partial charge in [0.2, 0.25) is 11.8 Å². The number of amides is 3. The summed E-state index contributed by atoms with van der Waals surface area (Å²) in [6.45, 7) is 10.9. The Bertz CT molecular complexity index is 2120. The number of alkyl carbamates (subject to hydrolysis) is 1. The number of carboxylic acids is 1. The van der Waals surface area contributed by atoms with Crippen molar-refractivity contribution < 1.29 is 47.3 Å². The van der Waals surface area contributed by atoms with E-state index in [9.17, 15) is 33.1 Å². The first kappa shape index (κ1) is 41.6. The second-order valence-corrected chi connectivity index (χ2v) is 18.4. The van der Waals surface area contributed by atoms with Crippen LogP contribution in [0.25, 0.3) is 22.3 Å². The number of aromatic nitrogens is 2. The monoisotopic (exact) mass is 846 g/mol. The van der Waals surface area contributed by atoms with Crippen molar-refractivity contribution in [2.75, 3.05) is 19.0 Å². The van der Waals surface area contributed by atoms with Gasteiger partial charge in [-0.05, 0) is 56.6 Å². The van der Waals surface area contributed by atoms with Crippen LogP contribution < -0.4 is 25.4 Å². The molecule has 18 heteroatoms. The maximum Gasteiger partial charge on any atom is 0.408 e. The lowest BCUT2D eigenvalue weighted by atomic mass is 9.85. The van der Waals surface area contributed by atoms with Gasteiger partial charge < -0.3 is 40.2 Å². The number of fused-ring (bicyclic) bond motifs is 2. The van der Waals surface area contributed by atoms with Crippen molar-refractivity contribution >= 4 is 62.8 Å². The van der Waals surface area contributed by atoms with Gasteiger partial charge in [-0.3, -0.25) is 9.59 Å². The third-order valence-corrected chi connectivity index (χ3v) is 12.9. The number of hydrogen-bond donors (Lipinski definition) is 4. The van der Waals surface area contributed by atoms with Gasteiger partial charge in [0.05, 0.1) is 24.9 Å². The first-order chi connectivity index (χ1) is 27.3. The molecule has 3 aromatic rings. The van der Waals surface area contributed by atoms with Crippen LogP contribution in [0.15, 0.2) is 23.6 Å². The molecular weight excluding hydrogens is 798 g/mol. The second kappa shape index (κ2) is 15.3. The third kappa shape index (κ3) is 7.83. The molecule has 0 bridgehead atoms. The Kier molecular flexibility index (Phi) is 11.0. The van der Waals surface area contributed by atoms with Gasteiger partial charge in [-0.25, -0.2) is 28.3 Å². The molecule has 3 saturated carbocycles. The molecule has 3 heterocycles. The maximum atomic E-state index is 14.7. The van der Waals surface area contributed by atoms with E-state index in [0.717, 1.165) is 0 Å². The van der Waals surface area contributed by atoms with Gasteiger partial charge >= 0.3 is 12.1 Å². The Labute approximate surface area is 343 Å². The number of nitrogens with one attached hydrogen (secondary N) is 3. The van der Waals surface area contributed by atoms with Crippen molar-refractivity contribution in [3.8, 4) is 22.9 Å². The van der Waals surface area contributed by atoms with E-state index in [0.29, 0.717) is 45.3 Å². The molecule has 3 amide bonds. The molecule has 14 nitrogen and oxygen atoms in total.